The zero-order valence-corrected chi connectivity index (χ0v) is 16.8. The molecule has 0 spiro atoms. The Morgan fingerprint density at radius 2 is 1.86 bits per heavy atom. The highest BCUT2D eigenvalue weighted by Crippen LogP contribution is 2.66. The number of carbonyl (C=O) groups is 1. The molecule has 2 N–H and O–H groups in total. The van der Waals surface area contributed by atoms with Gasteiger partial charge in [-0.3, -0.25) is 0 Å². The number of furan rings is 1. The van der Waals surface area contributed by atoms with Crippen molar-refractivity contribution >= 4 is 5.97 Å². The van der Waals surface area contributed by atoms with Crippen molar-refractivity contribution in [3.05, 3.63) is 47.7 Å². The van der Waals surface area contributed by atoms with Gasteiger partial charge in [0.15, 0.2) is 0 Å². The molecule has 4 fully saturated rings. The molecule has 2 atom stereocenters. The average Bonchev–Trinajstić information content (AvgIpc) is 3.06. The van der Waals surface area contributed by atoms with Crippen LogP contribution in [0.2, 0.25) is 0 Å². The van der Waals surface area contributed by atoms with E-state index in [1.807, 2.05) is 18.2 Å². The molecule has 148 valence electrons. The molecule has 4 aliphatic rings. The summed E-state index contributed by atoms with van der Waals surface area (Å²) in [6.07, 6.45) is 8.03. The van der Waals surface area contributed by atoms with Crippen LogP contribution in [-0.2, 0) is 6.54 Å². The molecule has 4 nitrogen and oxygen atoms in total. The molecule has 1 heterocycles. The lowest BCUT2D eigenvalue weighted by molar-refractivity contribution is -0.118. The quantitative estimate of drug-likeness (QED) is 0.722. The first-order valence-corrected chi connectivity index (χ1v) is 10.4. The summed E-state index contributed by atoms with van der Waals surface area (Å²) < 4.78 is 6.06. The van der Waals surface area contributed by atoms with E-state index in [0.717, 1.165) is 29.5 Å². The minimum absolute atomic E-state index is 0.249. The molecule has 1 aromatic carbocycles. The van der Waals surface area contributed by atoms with Crippen molar-refractivity contribution < 1.29 is 14.3 Å². The summed E-state index contributed by atoms with van der Waals surface area (Å²) in [6.45, 7) is 5.72. The van der Waals surface area contributed by atoms with E-state index in [2.05, 4.69) is 19.2 Å². The maximum atomic E-state index is 11.2. The second-order valence-corrected chi connectivity index (χ2v) is 10.4. The molecule has 2 aromatic rings. The summed E-state index contributed by atoms with van der Waals surface area (Å²) in [4.78, 5) is 11.2. The van der Waals surface area contributed by atoms with Gasteiger partial charge in [-0.25, -0.2) is 4.79 Å². The number of hydrogen-bond donors (Lipinski definition) is 2. The van der Waals surface area contributed by atoms with Crippen LogP contribution in [0.15, 0.2) is 40.8 Å². The van der Waals surface area contributed by atoms with Crippen molar-refractivity contribution in [3.63, 3.8) is 0 Å². The van der Waals surface area contributed by atoms with E-state index in [-0.39, 0.29) is 11.1 Å². The van der Waals surface area contributed by atoms with Crippen LogP contribution in [0.4, 0.5) is 0 Å². The predicted molar refractivity (Wildman–Crippen MR) is 108 cm³/mol. The van der Waals surface area contributed by atoms with E-state index < -0.39 is 5.97 Å². The summed E-state index contributed by atoms with van der Waals surface area (Å²) >= 11 is 0. The van der Waals surface area contributed by atoms with E-state index in [0.29, 0.717) is 10.8 Å². The molecular formula is C24H29NO3. The predicted octanol–water partition coefficient (Wildman–Crippen LogP) is 5.48. The number of benzene rings is 1. The minimum Gasteiger partial charge on any atom is -0.478 e. The van der Waals surface area contributed by atoms with Crippen molar-refractivity contribution in [1.82, 2.24) is 5.32 Å². The molecule has 0 amide bonds. The minimum atomic E-state index is -0.917. The Morgan fingerprint density at radius 1 is 1.11 bits per heavy atom. The Balaban J connectivity index is 1.32. The van der Waals surface area contributed by atoms with Gasteiger partial charge in [0.2, 0.25) is 0 Å². The number of hydrogen-bond acceptors (Lipinski definition) is 3. The molecular weight excluding hydrogens is 350 g/mol. The van der Waals surface area contributed by atoms with Crippen molar-refractivity contribution in [2.24, 2.45) is 16.7 Å². The molecule has 1 aromatic heterocycles. The van der Waals surface area contributed by atoms with Crippen LogP contribution in [0, 0.1) is 16.7 Å². The van der Waals surface area contributed by atoms with Crippen LogP contribution in [0.5, 0.6) is 0 Å². The first-order valence-electron chi connectivity index (χ1n) is 10.4. The number of nitrogens with one attached hydrogen (secondary N) is 1. The number of aromatic carboxylic acids is 1. The number of rotatable bonds is 5. The Hall–Kier alpha value is -2.07. The van der Waals surface area contributed by atoms with Crippen molar-refractivity contribution in [2.75, 3.05) is 0 Å². The largest absolute Gasteiger partial charge is 0.478 e. The zero-order valence-electron chi connectivity index (χ0n) is 16.8. The van der Waals surface area contributed by atoms with Crippen LogP contribution in [0.3, 0.4) is 0 Å². The van der Waals surface area contributed by atoms with Gasteiger partial charge in [0, 0.05) is 11.1 Å². The summed E-state index contributed by atoms with van der Waals surface area (Å²) in [5.74, 6) is 1.59. The molecule has 4 saturated carbocycles. The van der Waals surface area contributed by atoms with Crippen LogP contribution >= 0.6 is 0 Å². The lowest BCUT2D eigenvalue weighted by Crippen LogP contribution is -2.63. The van der Waals surface area contributed by atoms with E-state index in [1.54, 1.807) is 18.2 Å². The smallest absolute Gasteiger partial charge is 0.335 e. The van der Waals surface area contributed by atoms with E-state index in [1.165, 1.54) is 38.5 Å². The van der Waals surface area contributed by atoms with Crippen molar-refractivity contribution in [3.8, 4) is 11.3 Å². The first kappa shape index (κ1) is 18.0. The normalized spacial score (nSPS) is 36.0. The maximum Gasteiger partial charge on any atom is 0.335 e. The van der Waals surface area contributed by atoms with Crippen molar-refractivity contribution in [2.45, 2.75) is 64.5 Å². The Morgan fingerprint density at radius 3 is 2.54 bits per heavy atom. The highest BCUT2D eigenvalue weighted by molar-refractivity contribution is 5.89. The fourth-order valence-corrected chi connectivity index (χ4v) is 7.35. The summed E-state index contributed by atoms with van der Waals surface area (Å²) in [7, 11) is 0. The Kier molecular flexibility index (Phi) is 3.83. The maximum absolute atomic E-state index is 11.2. The van der Waals surface area contributed by atoms with Gasteiger partial charge in [0.05, 0.1) is 12.1 Å². The molecule has 4 aliphatic carbocycles. The fourth-order valence-electron chi connectivity index (χ4n) is 7.35. The topological polar surface area (TPSA) is 62.5 Å². The van der Waals surface area contributed by atoms with Gasteiger partial charge in [-0.05, 0) is 79.5 Å². The van der Waals surface area contributed by atoms with E-state index in [9.17, 15) is 9.90 Å². The number of carboxylic acid groups (broad SMARTS) is 1. The van der Waals surface area contributed by atoms with Gasteiger partial charge in [0.25, 0.3) is 0 Å². The van der Waals surface area contributed by atoms with Gasteiger partial charge in [-0.1, -0.05) is 26.0 Å². The second-order valence-electron chi connectivity index (χ2n) is 10.4. The molecule has 6 rings (SSSR count). The van der Waals surface area contributed by atoms with Crippen LogP contribution in [0.1, 0.15) is 68.5 Å². The van der Waals surface area contributed by atoms with E-state index in [4.69, 9.17) is 4.42 Å². The van der Waals surface area contributed by atoms with Crippen LogP contribution in [-0.4, -0.2) is 16.6 Å². The van der Waals surface area contributed by atoms with Gasteiger partial charge in [-0.15, -0.1) is 0 Å². The fraction of sp³-hybridized carbons (Fsp3) is 0.542. The Bertz CT molecular complexity index is 911. The average molecular weight is 380 g/mol. The van der Waals surface area contributed by atoms with Crippen LogP contribution < -0.4 is 5.32 Å². The molecule has 0 radical (unpaired) electrons. The summed E-state index contributed by atoms with van der Waals surface area (Å²) in [5, 5.41) is 13.1. The van der Waals surface area contributed by atoms with Crippen LogP contribution in [0.25, 0.3) is 11.3 Å². The SMILES string of the molecule is CC12CC3CC(C)(C1)CC(NCc1ccc(-c4cccc(C(=O)O)c4)o1)(C3)C2. The third-order valence-corrected chi connectivity index (χ3v) is 7.32. The molecule has 4 heteroatoms. The highest BCUT2D eigenvalue weighted by atomic mass is 16.4. The molecule has 0 saturated heterocycles. The lowest BCUT2D eigenvalue weighted by Gasteiger charge is -2.65. The molecule has 4 bridgehead atoms. The molecule has 0 aliphatic heterocycles. The van der Waals surface area contributed by atoms with E-state index >= 15 is 0 Å². The standard InChI is InChI=1S/C24H29NO3/c1-22-9-16-10-23(2,13-22)15-24(11-16,14-22)25-12-19-6-7-20(28-19)17-4-3-5-18(8-17)21(26)27/h3-8,16,25H,9-15H2,1-2H3,(H,26,27). The highest BCUT2D eigenvalue weighted by Gasteiger charge is 2.59. The lowest BCUT2D eigenvalue weighted by atomic mass is 9.43. The summed E-state index contributed by atoms with van der Waals surface area (Å²) in [6, 6.07) is 10.9. The molecule has 2 unspecified atom stereocenters. The molecule has 28 heavy (non-hydrogen) atoms. The third kappa shape index (κ3) is 3.08. The van der Waals surface area contributed by atoms with Gasteiger partial charge in [-0.2, -0.15) is 0 Å². The zero-order chi connectivity index (χ0) is 19.6. The number of carboxylic acids is 1. The van der Waals surface area contributed by atoms with Crippen molar-refractivity contribution in [1.29, 1.82) is 0 Å². The van der Waals surface area contributed by atoms with Gasteiger partial charge in [0.1, 0.15) is 11.5 Å². The Labute approximate surface area is 166 Å². The first-order chi connectivity index (χ1) is 13.3. The monoisotopic (exact) mass is 379 g/mol. The van der Waals surface area contributed by atoms with Gasteiger partial charge >= 0.3 is 5.97 Å². The summed E-state index contributed by atoms with van der Waals surface area (Å²) in [5.41, 5.74) is 2.32. The van der Waals surface area contributed by atoms with Gasteiger partial charge < -0.3 is 14.8 Å². The second kappa shape index (κ2) is 5.96. The third-order valence-electron chi connectivity index (χ3n) is 7.32.